The number of hydrogen-bond donors (Lipinski definition) is 1. The van der Waals surface area contributed by atoms with Gasteiger partial charge in [-0.1, -0.05) is 32.0 Å². The first-order valence-corrected chi connectivity index (χ1v) is 13.4. The van der Waals surface area contributed by atoms with Gasteiger partial charge in [-0.15, -0.1) is 0 Å². The summed E-state index contributed by atoms with van der Waals surface area (Å²) < 4.78 is 5.57. The van der Waals surface area contributed by atoms with Crippen LogP contribution in [0.3, 0.4) is 0 Å². The SMILES string of the molecule is CCN(CC)c1ccc(C2/C(=C(\O)c3cc(C(C)C)c(OC)cc3C)C(=O)C(=O)N2Cc2cccnc2)cc1. The van der Waals surface area contributed by atoms with Gasteiger partial charge in [-0.2, -0.15) is 0 Å². The van der Waals surface area contributed by atoms with Crippen molar-refractivity contribution in [2.24, 2.45) is 0 Å². The molecule has 1 saturated heterocycles. The van der Waals surface area contributed by atoms with Crippen molar-refractivity contribution in [3.63, 3.8) is 0 Å². The van der Waals surface area contributed by atoms with Crippen LogP contribution in [0.2, 0.25) is 0 Å². The summed E-state index contributed by atoms with van der Waals surface area (Å²) in [6, 6.07) is 14.5. The van der Waals surface area contributed by atoms with E-state index in [4.69, 9.17) is 4.74 Å². The van der Waals surface area contributed by atoms with Crippen molar-refractivity contribution in [2.75, 3.05) is 25.1 Å². The maximum atomic E-state index is 13.6. The minimum Gasteiger partial charge on any atom is -0.507 e. The number of aliphatic hydroxyl groups is 1. The molecule has 0 saturated carbocycles. The molecule has 0 spiro atoms. The molecule has 3 aromatic rings. The lowest BCUT2D eigenvalue weighted by atomic mass is 9.91. The molecular weight excluding hydrogens is 490 g/mol. The van der Waals surface area contributed by atoms with Crippen LogP contribution in [0.5, 0.6) is 5.75 Å². The average molecular weight is 528 g/mol. The van der Waals surface area contributed by atoms with Crippen LogP contribution in [0.15, 0.2) is 66.5 Å². The Morgan fingerprint density at radius 3 is 2.36 bits per heavy atom. The molecule has 1 fully saturated rings. The molecule has 7 nitrogen and oxygen atoms in total. The van der Waals surface area contributed by atoms with Gasteiger partial charge in [-0.05, 0) is 79.3 Å². The van der Waals surface area contributed by atoms with Gasteiger partial charge in [0, 0.05) is 43.3 Å². The zero-order chi connectivity index (χ0) is 28.3. The summed E-state index contributed by atoms with van der Waals surface area (Å²) in [6.45, 7) is 12.1. The molecule has 0 aliphatic carbocycles. The number of aryl methyl sites for hydroxylation is 1. The van der Waals surface area contributed by atoms with Crippen molar-refractivity contribution >= 4 is 23.1 Å². The number of aliphatic hydroxyl groups excluding tert-OH is 1. The largest absolute Gasteiger partial charge is 0.507 e. The highest BCUT2D eigenvalue weighted by molar-refractivity contribution is 6.46. The summed E-state index contributed by atoms with van der Waals surface area (Å²) in [5.41, 5.74) is 4.88. The van der Waals surface area contributed by atoms with Crippen LogP contribution in [0, 0.1) is 6.92 Å². The summed E-state index contributed by atoms with van der Waals surface area (Å²) in [6.07, 6.45) is 3.35. The molecule has 1 unspecified atom stereocenters. The number of benzene rings is 2. The molecular formula is C32H37N3O4. The van der Waals surface area contributed by atoms with Gasteiger partial charge in [0.15, 0.2) is 0 Å². The van der Waals surface area contributed by atoms with Crippen LogP contribution in [-0.2, 0) is 16.1 Å². The molecule has 0 radical (unpaired) electrons. The Labute approximate surface area is 230 Å². The lowest BCUT2D eigenvalue weighted by Crippen LogP contribution is -2.29. The monoisotopic (exact) mass is 527 g/mol. The van der Waals surface area contributed by atoms with Gasteiger partial charge >= 0.3 is 0 Å². The molecule has 204 valence electrons. The Bertz CT molecular complexity index is 1380. The Hall–Kier alpha value is -4.13. The van der Waals surface area contributed by atoms with Gasteiger partial charge in [-0.3, -0.25) is 14.6 Å². The second kappa shape index (κ2) is 11.7. The number of anilines is 1. The highest BCUT2D eigenvalue weighted by Crippen LogP contribution is 2.42. The van der Waals surface area contributed by atoms with E-state index in [1.807, 2.05) is 63.2 Å². The van der Waals surface area contributed by atoms with Gasteiger partial charge < -0.3 is 19.6 Å². The number of carbonyl (C=O) groups is 2. The molecule has 1 N–H and O–H groups in total. The van der Waals surface area contributed by atoms with Crippen LogP contribution >= 0.6 is 0 Å². The van der Waals surface area contributed by atoms with Crippen LogP contribution in [0.1, 0.15) is 67.5 Å². The van der Waals surface area contributed by atoms with E-state index in [1.54, 1.807) is 25.6 Å². The average Bonchev–Trinajstić information content (AvgIpc) is 3.18. The number of carbonyl (C=O) groups excluding carboxylic acids is 2. The number of Topliss-reactive ketones (excluding diaryl/α,β-unsaturated/α-hetero) is 1. The molecule has 4 rings (SSSR count). The third kappa shape index (κ3) is 5.39. The zero-order valence-corrected chi connectivity index (χ0v) is 23.6. The zero-order valence-electron chi connectivity index (χ0n) is 23.6. The molecule has 1 aliphatic heterocycles. The Kier molecular flexibility index (Phi) is 8.38. The van der Waals surface area contributed by atoms with E-state index in [0.29, 0.717) is 5.56 Å². The highest BCUT2D eigenvalue weighted by Gasteiger charge is 2.46. The Morgan fingerprint density at radius 1 is 1.10 bits per heavy atom. The maximum Gasteiger partial charge on any atom is 0.295 e. The number of nitrogens with zero attached hydrogens (tertiary/aromatic N) is 3. The van der Waals surface area contributed by atoms with Crippen LogP contribution in [0.4, 0.5) is 5.69 Å². The second-order valence-electron chi connectivity index (χ2n) is 10.1. The summed E-state index contributed by atoms with van der Waals surface area (Å²) in [4.78, 5) is 34.9. The number of methoxy groups -OCH3 is 1. The lowest BCUT2D eigenvalue weighted by Gasteiger charge is -2.27. The van der Waals surface area contributed by atoms with Crippen molar-refractivity contribution in [3.05, 3.63) is 94.3 Å². The number of ketones is 1. The second-order valence-corrected chi connectivity index (χ2v) is 10.1. The van der Waals surface area contributed by atoms with E-state index in [0.717, 1.165) is 46.8 Å². The van der Waals surface area contributed by atoms with Crippen molar-refractivity contribution in [1.29, 1.82) is 0 Å². The third-order valence-corrected chi connectivity index (χ3v) is 7.41. The van der Waals surface area contributed by atoms with Crippen molar-refractivity contribution in [1.82, 2.24) is 9.88 Å². The van der Waals surface area contributed by atoms with Crippen molar-refractivity contribution in [3.8, 4) is 5.75 Å². The number of likely N-dealkylation sites (tertiary alicyclic amines) is 1. The number of aromatic nitrogens is 1. The fraction of sp³-hybridized carbons (Fsp3) is 0.344. The predicted octanol–water partition coefficient (Wildman–Crippen LogP) is 5.99. The molecule has 2 aromatic carbocycles. The molecule has 1 aliphatic rings. The summed E-state index contributed by atoms with van der Waals surface area (Å²) >= 11 is 0. The smallest absolute Gasteiger partial charge is 0.295 e. The van der Waals surface area contributed by atoms with Gasteiger partial charge in [0.1, 0.15) is 11.5 Å². The molecule has 1 amide bonds. The van der Waals surface area contributed by atoms with E-state index in [1.165, 1.54) is 4.90 Å². The minimum atomic E-state index is -0.750. The molecule has 7 heteroatoms. The minimum absolute atomic E-state index is 0.0856. The van der Waals surface area contributed by atoms with Crippen molar-refractivity contribution in [2.45, 2.75) is 53.1 Å². The lowest BCUT2D eigenvalue weighted by molar-refractivity contribution is -0.140. The number of rotatable bonds is 9. The first kappa shape index (κ1) is 27.9. The standard InChI is InChI=1S/C32H37N3O4/c1-7-34(8-2)24-13-11-23(12-14-24)29-28(31(37)32(38)35(29)19-22-10-9-15-33-18-22)30(36)26-17-25(20(3)4)27(39-6)16-21(26)5/h9-18,20,29,36H,7-8,19H2,1-6H3/b30-28+. The Balaban J connectivity index is 1.90. The summed E-state index contributed by atoms with van der Waals surface area (Å²) in [5.74, 6) is -0.672. The quantitative estimate of drug-likeness (QED) is 0.209. The summed E-state index contributed by atoms with van der Waals surface area (Å²) in [7, 11) is 1.62. The number of hydrogen-bond acceptors (Lipinski definition) is 6. The first-order valence-electron chi connectivity index (χ1n) is 13.4. The molecule has 1 atom stereocenters. The van der Waals surface area contributed by atoms with E-state index in [9.17, 15) is 14.7 Å². The fourth-order valence-electron chi connectivity index (χ4n) is 5.26. The van der Waals surface area contributed by atoms with E-state index < -0.39 is 17.7 Å². The molecule has 1 aromatic heterocycles. The normalized spacial score (nSPS) is 16.7. The fourth-order valence-corrected chi connectivity index (χ4v) is 5.26. The first-order chi connectivity index (χ1) is 18.7. The van der Waals surface area contributed by atoms with Gasteiger partial charge in [0.05, 0.1) is 18.7 Å². The topological polar surface area (TPSA) is 83.0 Å². The van der Waals surface area contributed by atoms with Gasteiger partial charge in [0.2, 0.25) is 0 Å². The van der Waals surface area contributed by atoms with Crippen LogP contribution in [-0.4, -0.2) is 46.9 Å². The summed E-state index contributed by atoms with van der Waals surface area (Å²) in [5, 5.41) is 11.7. The predicted molar refractivity (Wildman–Crippen MR) is 154 cm³/mol. The maximum absolute atomic E-state index is 13.6. The number of ether oxygens (including phenoxy) is 1. The number of pyridine rings is 1. The van der Waals surface area contributed by atoms with E-state index in [-0.39, 0.29) is 23.8 Å². The van der Waals surface area contributed by atoms with Gasteiger partial charge in [0.25, 0.3) is 11.7 Å². The van der Waals surface area contributed by atoms with Crippen LogP contribution in [0.25, 0.3) is 5.76 Å². The van der Waals surface area contributed by atoms with E-state index >= 15 is 0 Å². The number of amides is 1. The van der Waals surface area contributed by atoms with Crippen LogP contribution < -0.4 is 9.64 Å². The highest BCUT2D eigenvalue weighted by atomic mass is 16.5. The molecule has 2 heterocycles. The van der Waals surface area contributed by atoms with Crippen molar-refractivity contribution < 1.29 is 19.4 Å². The Morgan fingerprint density at radius 2 is 1.79 bits per heavy atom. The van der Waals surface area contributed by atoms with E-state index in [2.05, 4.69) is 23.7 Å². The molecule has 39 heavy (non-hydrogen) atoms. The third-order valence-electron chi connectivity index (χ3n) is 7.41. The van der Waals surface area contributed by atoms with Gasteiger partial charge in [-0.25, -0.2) is 0 Å². The molecule has 0 bridgehead atoms.